The molecule has 2 N–H and O–H groups in total. The van der Waals surface area contributed by atoms with Crippen molar-refractivity contribution >= 4 is 29.1 Å². The highest BCUT2D eigenvalue weighted by atomic mass is 35.5. The minimum atomic E-state index is -0.143. The van der Waals surface area contributed by atoms with Crippen LogP contribution in [0.1, 0.15) is 24.0 Å². The van der Waals surface area contributed by atoms with Crippen LogP contribution >= 0.6 is 11.6 Å². The lowest BCUT2D eigenvalue weighted by molar-refractivity contribution is -0.121. The first-order valence-electron chi connectivity index (χ1n) is 10.7. The van der Waals surface area contributed by atoms with Crippen LogP contribution in [0.25, 0.3) is 0 Å². The largest absolute Gasteiger partial charge is 0.353 e. The fourth-order valence-electron chi connectivity index (χ4n) is 3.82. The first-order chi connectivity index (χ1) is 14.9. The van der Waals surface area contributed by atoms with Gasteiger partial charge in [-0.3, -0.25) is 9.59 Å². The van der Waals surface area contributed by atoms with Gasteiger partial charge in [0.15, 0.2) is 0 Å². The Bertz CT molecular complexity index is 897. The molecule has 2 aromatic rings. The topological polar surface area (TPSA) is 64.7 Å². The van der Waals surface area contributed by atoms with Crippen molar-refractivity contribution in [3.05, 3.63) is 64.7 Å². The molecular formula is C24H31ClN4O2. The van der Waals surface area contributed by atoms with Gasteiger partial charge in [-0.15, -0.1) is 0 Å². The van der Waals surface area contributed by atoms with Gasteiger partial charge in [0.05, 0.1) is 13.1 Å². The number of carbonyl (C=O) groups is 2. The minimum absolute atomic E-state index is 0.0551. The molecule has 0 atom stereocenters. The normalized spacial score (nSPS) is 14.8. The number of nitrogens with zero attached hydrogens (tertiary/aromatic N) is 2. The van der Waals surface area contributed by atoms with Crippen LogP contribution in [0.3, 0.4) is 0 Å². The molecular weight excluding hydrogens is 412 g/mol. The van der Waals surface area contributed by atoms with Crippen LogP contribution in [0, 0.1) is 6.92 Å². The number of anilines is 1. The van der Waals surface area contributed by atoms with Crippen LogP contribution in [0.15, 0.2) is 48.5 Å². The molecule has 3 rings (SSSR count). The molecule has 0 saturated carbocycles. The van der Waals surface area contributed by atoms with E-state index in [0.29, 0.717) is 11.6 Å². The fraction of sp³-hybridized carbons (Fsp3) is 0.417. The number of hydrogen-bond donors (Lipinski definition) is 2. The molecule has 1 aliphatic heterocycles. The maximum Gasteiger partial charge on any atom is 0.239 e. The second-order valence-corrected chi connectivity index (χ2v) is 8.63. The molecule has 0 radical (unpaired) electrons. The molecule has 6 nitrogen and oxygen atoms in total. The Labute approximate surface area is 189 Å². The van der Waals surface area contributed by atoms with Gasteiger partial charge >= 0.3 is 0 Å². The Balaban J connectivity index is 1.61. The maximum absolute atomic E-state index is 12.8. The van der Waals surface area contributed by atoms with Crippen molar-refractivity contribution in [1.82, 2.24) is 15.5 Å². The number of para-hydroxylation sites is 1. The predicted octanol–water partition coefficient (Wildman–Crippen LogP) is 2.98. The van der Waals surface area contributed by atoms with Gasteiger partial charge < -0.3 is 20.4 Å². The molecule has 2 amide bonds. The fourth-order valence-corrected chi connectivity index (χ4v) is 4.03. The number of rotatable bonds is 8. The number of carbonyl (C=O) groups excluding carboxylic acids is 2. The highest BCUT2D eigenvalue weighted by molar-refractivity contribution is 6.30. The SMILES string of the molecule is Cc1ccccc1N(CC(=O)NCc1cccc(Cl)c1)CC(=O)NC1CCN(C)CC1. The van der Waals surface area contributed by atoms with Crippen molar-refractivity contribution in [3.63, 3.8) is 0 Å². The summed E-state index contributed by atoms with van der Waals surface area (Å²) in [5.41, 5.74) is 2.85. The van der Waals surface area contributed by atoms with Crippen molar-refractivity contribution in [2.45, 2.75) is 32.4 Å². The molecule has 31 heavy (non-hydrogen) atoms. The van der Waals surface area contributed by atoms with E-state index in [-0.39, 0.29) is 30.9 Å². The molecule has 0 bridgehead atoms. The molecule has 2 aromatic carbocycles. The number of halogens is 1. The molecule has 1 fully saturated rings. The molecule has 166 valence electrons. The van der Waals surface area contributed by atoms with Gasteiger partial charge in [-0.25, -0.2) is 0 Å². The summed E-state index contributed by atoms with van der Waals surface area (Å²) in [6, 6.07) is 15.4. The number of amides is 2. The third-order valence-electron chi connectivity index (χ3n) is 5.59. The minimum Gasteiger partial charge on any atom is -0.353 e. The average molecular weight is 443 g/mol. The van der Waals surface area contributed by atoms with Gasteiger partial charge in [0.25, 0.3) is 0 Å². The molecule has 0 aromatic heterocycles. The lowest BCUT2D eigenvalue weighted by atomic mass is 10.1. The van der Waals surface area contributed by atoms with E-state index in [9.17, 15) is 9.59 Å². The lowest BCUT2D eigenvalue weighted by Crippen LogP contribution is -2.48. The summed E-state index contributed by atoms with van der Waals surface area (Å²) >= 11 is 6.02. The summed E-state index contributed by atoms with van der Waals surface area (Å²) in [7, 11) is 2.10. The third-order valence-corrected chi connectivity index (χ3v) is 5.82. The van der Waals surface area contributed by atoms with Gasteiger partial charge in [0.2, 0.25) is 11.8 Å². The van der Waals surface area contributed by atoms with E-state index in [2.05, 4.69) is 22.6 Å². The highest BCUT2D eigenvalue weighted by Gasteiger charge is 2.21. The van der Waals surface area contributed by atoms with Crippen LogP contribution < -0.4 is 15.5 Å². The summed E-state index contributed by atoms with van der Waals surface area (Å²) < 4.78 is 0. The van der Waals surface area contributed by atoms with Gasteiger partial charge in [0.1, 0.15) is 0 Å². The average Bonchev–Trinajstić information content (AvgIpc) is 2.74. The Kier molecular flexibility index (Phi) is 8.32. The van der Waals surface area contributed by atoms with Gasteiger partial charge in [-0.2, -0.15) is 0 Å². The van der Waals surface area contributed by atoms with Gasteiger partial charge in [-0.05, 0) is 69.2 Å². The lowest BCUT2D eigenvalue weighted by Gasteiger charge is -2.31. The molecule has 1 heterocycles. The molecule has 0 aliphatic carbocycles. The van der Waals surface area contributed by atoms with E-state index in [0.717, 1.165) is 42.7 Å². The molecule has 1 aliphatic rings. The second kappa shape index (κ2) is 11.2. The first-order valence-corrected chi connectivity index (χ1v) is 11.1. The van der Waals surface area contributed by atoms with E-state index >= 15 is 0 Å². The van der Waals surface area contributed by atoms with Crippen LogP contribution in [-0.4, -0.2) is 56.0 Å². The van der Waals surface area contributed by atoms with Crippen LogP contribution in [-0.2, 0) is 16.1 Å². The molecule has 0 unspecified atom stereocenters. The van der Waals surface area contributed by atoms with Crippen LogP contribution in [0.4, 0.5) is 5.69 Å². The zero-order valence-electron chi connectivity index (χ0n) is 18.2. The Morgan fingerprint density at radius 2 is 1.77 bits per heavy atom. The van der Waals surface area contributed by atoms with Crippen molar-refractivity contribution in [2.75, 3.05) is 38.1 Å². The van der Waals surface area contributed by atoms with Crippen LogP contribution in [0.5, 0.6) is 0 Å². The number of likely N-dealkylation sites (tertiary alicyclic amines) is 1. The summed E-state index contributed by atoms with van der Waals surface area (Å²) in [6.45, 7) is 4.59. The standard InChI is InChI=1S/C24H31ClN4O2/c1-18-6-3-4-9-22(18)29(17-24(31)27-21-10-12-28(2)13-11-21)16-23(30)26-15-19-7-5-8-20(25)14-19/h3-9,14,21H,10-13,15-17H2,1-2H3,(H,26,30)(H,27,31). The van der Waals surface area contributed by atoms with Crippen LogP contribution in [0.2, 0.25) is 5.02 Å². The predicted molar refractivity (Wildman–Crippen MR) is 125 cm³/mol. The summed E-state index contributed by atoms with van der Waals surface area (Å²) in [5.74, 6) is -0.198. The van der Waals surface area contributed by atoms with Crippen molar-refractivity contribution in [3.8, 4) is 0 Å². The summed E-state index contributed by atoms with van der Waals surface area (Å²) in [6.07, 6.45) is 1.90. The quantitative estimate of drug-likeness (QED) is 0.659. The smallest absolute Gasteiger partial charge is 0.239 e. The Morgan fingerprint density at radius 3 is 2.48 bits per heavy atom. The van der Waals surface area contributed by atoms with E-state index in [4.69, 9.17) is 11.6 Å². The zero-order chi connectivity index (χ0) is 22.2. The molecule has 0 spiro atoms. The number of hydrogen-bond acceptors (Lipinski definition) is 4. The number of piperidine rings is 1. The van der Waals surface area contributed by atoms with Crippen molar-refractivity contribution < 1.29 is 9.59 Å². The van der Waals surface area contributed by atoms with E-state index < -0.39 is 0 Å². The summed E-state index contributed by atoms with van der Waals surface area (Å²) in [4.78, 5) is 29.6. The maximum atomic E-state index is 12.8. The van der Waals surface area contributed by atoms with Gasteiger partial charge in [-0.1, -0.05) is 41.9 Å². The number of aryl methyl sites for hydroxylation is 1. The Morgan fingerprint density at radius 1 is 1.06 bits per heavy atom. The Hall–Kier alpha value is -2.57. The monoisotopic (exact) mass is 442 g/mol. The van der Waals surface area contributed by atoms with Crippen molar-refractivity contribution in [2.24, 2.45) is 0 Å². The van der Waals surface area contributed by atoms with Gasteiger partial charge in [0, 0.05) is 23.3 Å². The molecule has 1 saturated heterocycles. The summed E-state index contributed by atoms with van der Waals surface area (Å²) in [5, 5.41) is 6.71. The highest BCUT2D eigenvalue weighted by Crippen LogP contribution is 2.19. The number of benzene rings is 2. The van der Waals surface area contributed by atoms with E-state index in [1.807, 2.05) is 54.3 Å². The molecule has 7 heteroatoms. The van der Waals surface area contributed by atoms with E-state index in [1.54, 1.807) is 6.07 Å². The number of nitrogens with one attached hydrogen (secondary N) is 2. The van der Waals surface area contributed by atoms with Crippen molar-refractivity contribution in [1.29, 1.82) is 0 Å². The first kappa shape index (κ1) is 23.1. The third kappa shape index (κ3) is 7.26. The van der Waals surface area contributed by atoms with E-state index in [1.165, 1.54) is 0 Å². The zero-order valence-corrected chi connectivity index (χ0v) is 19.0. The second-order valence-electron chi connectivity index (χ2n) is 8.19.